The van der Waals surface area contributed by atoms with E-state index in [-0.39, 0.29) is 41.1 Å². The lowest BCUT2D eigenvalue weighted by Gasteiger charge is -2.33. The van der Waals surface area contributed by atoms with Gasteiger partial charge in [-0.05, 0) is 91.9 Å². The third-order valence-corrected chi connectivity index (χ3v) is 9.48. The number of carbonyl (C=O) groups excluding carboxylic acids is 1. The first-order valence-electron chi connectivity index (χ1n) is 13.5. The van der Waals surface area contributed by atoms with Gasteiger partial charge in [-0.3, -0.25) is 4.79 Å². The number of rotatable bonds is 8. The highest BCUT2D eigenvalue weighted by atomic mass is 35.5. The van der Waals surface area contributed by atoms with Crippen molar-refractivity contribution in [2.75, 3.05) is 56.0 Å². The van der Waals surface area contributed by atoms with E-state index in [9.17, 15) is 18.0 Å². The molecule has 0 radical (unpaired) electrons. The first kappa shape index (κ1) is 31.1. The molecule has 0 aromatic heterocycles. The van der Waals surface area contributed by atoms with E-state index < -0.39 is 5.51 Å². The molecule has 1 N–H and O–H groups in total. The number of carbonyl (C=O) groups is 1. The first-order valence-corrected chi connectivity index (χ1v) is 15.0. The number of piperidine rings is 1. The monoisotopic (exact) mass is 616 g/mol. The lowest BCUT2D eigenvalue weighted by molar-refractivity contribution is -0.132. The van der Waals surface area contributed by atoms with Gasteiger partial charge in [0.2, 0.25) is 5.91 Å². The third-order valence-electron chi connectivity index (χ3n) is 7.99. The molecule has 0 spiro atoms. The van der Waals surface area contributed by atoms with Gasteiger partial charge in [0.25, 0.3) is 0 Å². The Kier molecular flexibility index (Phi) is 10.5. The van der Waals surface area contributed by atoms with Crippen LogP contribution in [0.1, 0.15) is 33.1 Å². The van der Waals surface area contributed by atoms with Crippen LogP contribution in [0.15, 0.2) is 47.4 Å². The summed E-state index contributed by atoms with van der Waals surface area (Å²) in [5, 5.41) is 4.16. The Bertz CT molecular complexity index is 1130. The Balaban J connectivity index is 0.00000370. The summed E-state index contributed by atoms with van der Waals surface area (Å²) in [5.74, 6) is 1.54. The Labute approximate surface area is 249 Å². The van der Waals surface area contributed by atoms with Crippen molar-refractivity contribution in [1.29, 1.82) is 0 Å². The number of hydrogen-bond donors (Lipinski definition) is 1. The largest absolute Gasteiger partial charge is 0.446 e. The van der Waals surface area contributed by atoms with E-state index in [1.807, 2.05) is 17.0 Å². The lowest BCUT2D eigenvalue weighted by atomic mass is 10.0. The van der Waals surface area contributed by atoms with Gasteiger partial charge in [0.05, 0.1) is 5.02 Å². The molecule has 3 aliphatic heterocycles. The van der Waals surface area contributed by atoms with Crippen LogP contribution in [0.4, 0.5) is 24.5 Å². The average Bonchev–Trinajstić information content (AvgIpc) is 3.45. The van der Waals surface area contributed by atoms with Gasteiger partial charge in [0, 0.05) is 73.0 Å². The van der Waals surface area contributed by atoms with Crippen LogP contribution in [0.3, 0.4) is 0 Å². The van der Waals surface area contributed by atoms with E-state index in [0.29, 0.717) is 37.0 Å². The number of anilines is 2. The summed E-state index contributed by atoms with van der Waals surface area (Å²) in [6.07, 6.45) is 2.93. The minimum Gasteiger partial charge on any atom is -0.382 e. The summed E-state index contributed by atoms with van der Waals surface area (Å²) in [6.45, 7) is 6.59. The minimum absolute atomic E-state index is 0. The maximum atomic E-state index is 12.8. The van der Waals surface area contributed by atoms with Crippen molar-refractivity contribution in [1.82, 2.24) is 9.80 Å². The zero-order valence-electron chi connectivity index (χ0n) is 21.6. The van der Waals surface area contributed by atoms with E-state index in [1.54, 1.807) is 6.07 Å². The number of thioether (sulfide) groups is 1. The number of alkyl halides is 3. The predicted octanol–water partition coefficient (Wildman–Crippen LogP) is 7.49. The molecular weight excluding hydrogens is 580 g/mol. The topological polar surface area (TPSA) is 38.8 Å². The van der Waals surface area contributed by atoms with Crippen LogP contribution < -0.4 is 10.2 Å². The molecule has 2 aromatic carbocycles. The Morgan fingerprint density at radius 2 is 1.62 bits per heavy atom. The lowest BCUT2D eigenvalue weighted by Crippen LogP contribution is -2.42. The SMILES string of the molecule is C.O=C(CCCN1CC2CN(c3ccc(Cl)cc3)CC2C1)N1CCC(Nc2ccc(Cl)c(SC(F)(F)F)c2)CC1. The molecule has 220 valence electrons. The van der Waals surface area contributed by atoms with E-state index in [0.717, 1.165) is 57.0 Å². The van der Waals surface area contributed by atoms with Crippen molar-refractivity contribution in [2.24, 2.45) is 11.8 Å². The van der Waals surface area contributed by atoms with E-state index in [2.05, 4.69) is 27.2 Å². The predicted molar refractivity (Wildman–Crippen MR) is 160 cm³/mol. The molecule has 2 aromatic rings. The molecule has 0 aliphatic carbocycles. The van der Waals surface area contributed by atoms with Crippen molar-refractivity contribution in [3.05, 3.63) is 52.5 Å². The number of benzene rings is 2. The van der Waals surface area contributed by atoms with Gasteiger partial charge in [-0.2, -0.15) is 13.2 Å². The summed E-state index contributed by atoms with van der Waals surface area (Å²) in [7, 11) is 0. The highest BCUT2D eigenvalue weighted by Crippen LogP contribution is 2.41. The molecule has 0 saturated carbocycles. The van der Waals surface area contributed by atoms with Gasteiger partial charge >= 0.3 is 5.51 Å². The molecule has 2 unspecified atom stereocenters. The van der Waals surface area contributed by atoms with Crippen LogP contribution in [-0.2, 0) is 4.79 Å². The summed E-state index contributed by atoms with van der Waals surface area (Å²) in [5.41, 5.74) is -2.54. The second-order valence-electron chi connectivity index (χ2n) is 10.8. The van der Waals surface area contributed by atoms with Gasteiger partial charge < -0.3 is 20.0 Å². The molecule has 3 fully saturated rings. The fourth-order valence-electron chi connectivity index (χ4n) is 6.05. The van der Waals surface area contributed by atoms with Crippen LogP contribution in [0.25, 0.3) is 0 Å². The van der Waals surface area contributed by atoms with Crippen molar-refractivity contribution in [3.63, 3.8) is 0 Å². The molecule has 0 bridgehead atoms. The van der Waals surface area contributed by atoms with Crippen LogP contribution in [-0.4, -0.2) is 73.1 Å². The molecule has 3 heterocycles. The van der Waals surface area contributed by atoms with Gasteiger partial charge in [-0.15, -0.1) is 0 Å². The molecule has 5 rings (SSSR count). The molecule has 3 aliphatic rings. The Morgan fingerprint density at radius 1 is 0.975 bits per heavy atom. The van der Waals surface area contributed by atoms with Gasteiger partial charge in [0.1, 0.15) is 0 Å². The van der Waals surface area contributed by atoms with Crippen LogP contribution in [0.5, 0.6) is 0 Å². The summed E-state index contributed by atoms with van der Waals surface area (Å²) in [6, 6.07) is 12.8. The van der Waals surface area contributed by atoms with Crippen molar-refractivity contribution in [3.8, 4) is 0 Å². The smallest absolute Gasteiger partial charge is 0.382 e. The molecule has 3 saturated heterocycles. The van der Waals surface area contributed by atoms with Crippen LogP contribution >= 0.6 is 35.0 Å². The highest BCUT2D eigenvalue weighted by molar-refractivity contribution is 8.00. The third kappa shape index (κ3) is 8.14. The quantitative estimate of drug-likeness (QED) is 0.311. The number of hydrogen-bond acceptors (Lipinski definition) is 5. The number of amides is 1. The number of likely N-dealkylation sites (tertiary alicyclic amines) is 2. The molecule has 5 nitrogen and oxygen atoms in total. The molecule has 11 heteroatoms. The first-order chi connectivity index (χ1) is 18.6. The van der Waals surface area contributed by atoms with Crippen LogP contribution in [0.2, 0.25) is 10.0 Å². The van der Waals surface area contributed by atoms with Gasteiger partial charge in [-0.25, -0.2) is 0 Å². The Hall–Kier alpha value is -1.81. The number of nitrogens with zero attached hydrogens (tertiary/aromatic N) is 3. The number of nitrogens with one attached hydrogen (secondary N) is 1. The maximum Gasteiger partial charge on any atom is 0.446 e. The fraction of sp³-hybridized carbons (Fsp3) is 0.552. The zero-order valence-corrected chi connectivity index (χ0v) is 23.9. The van der Waals surface area contributed by atoms with Crippen molar-refractivity contribution < 1.29 is 18.0 Å². The highest BCUT2D eigenvalue weighted by Gasteiger charge is 2.39. The van der Waals surface area contributed by atoms with E-state index in [1.165, 1.54) is 17.8 Å². The van der Waals surface area contributed by atoms with Gasteiger partial charge in [-0.1, -0.05) is 30.6 Å². The second kappa shape index (κ2) is 13.4. The molecule has 40 heavy (non-hydrogen) atoms. The number of halogens is 5. The normalized spacial score (nSPS) is 21.8. The number of fused-ring (bicyclic) bond motifs is 1. The van der Waals surface area contributed by atoms with E-state index >= 15 is 0 Å². The summed E-state index contributed by atoms with van der Waals surface area (Å²) < 4.78 is 38.3. The maximum absolute atomic E-state index is 12.8. The zero-order chi connectivity index (χ0) is 27.6. The minimum atomic E-state index is -4.39. The second-order valence-corrected chi connectivity index (χ2v) is 12.7. The summed E-state index contributed by atoms with van der Waals surface area (Å²) in [4.78, 5) is 19.7. The summed E-state index contributed by atoms with van der Waals surface area (Å²) >= 11 is 11.8. The standard InChI is InChI=1S/C28H33Cl2F3N4OS.CH4/c29-21-3-6-24(7-4-21)37-17-19-15-35(16-20(19)18-37)11-1-2-27(38)36-12-9-22(10-13-36)34-23-5-8-25(30)26(14-23)39-28(31,32)33;/h3-8,14,19-20,22,34H,1-2,9-13,15-18H2;1H4. The molecular formula is C29H37Cl2F3N4OS. The van der Waals surface area contributed by atoms with Crippen molar-refractivity contribution >= 4 is 52.2 Å². The molecule has 1 amide bonds. The molecule has 2 atom stereocenters. The van der Waals surface area contributed by atoms with Crippen LogP contribution in [0, 0.1) is 11.8 Å². The van der Waals surface area contributed by atoms with Gasteiger partial charge in [0.15, 0.2) is 0 Å². The van der Waals surface area contributed by atoms with Crippen molar-refractivity contribution in [2.45, 2.75) is 49.6 Å². The fourth-order valence-corrected chi connectivity index (χ4v) is 7.01. The Morgan fingerprint density at radius 3 is 2.25 bits per heavy atom. The van der Waals surface area contributed by atoms with E-state index in [4.69, 9.17) is 23.2 Å². The average molecular weight is 618 g/mol.